The molecule has 0 radical (unpaired) electrons. The number of amides is 2. The maximum absolute atomic E-state index is 12.7. The Hall–Kier alpha value is -2.41. The number of fused-ring (bicyclic) bond motifs is 1. The molecular weight excluding hydrogens is 312 g/mol. The molecule has 0 aromatic heterocycles. The van der Waals surface area contributed by atoms with Crippen LogP contribution in [-0.2, 0) is 19.1 Å². The van der Waals surface area contributed by atoms with Gasteiger partial charge in [-0.25, -0.2) is 4.79 Å². The van der Waals surface area contributed by atoms with Gasteiger partial charge >= 0.3 is 5.97 Å². The molecule has 2 fully saturated rings. The molecular formula is C17H21N2O5+. The van der Waals surface area contributed by atoms with Crippen molar-refractivity contribution in [3.8, 4) is 5.75 Å². The Bertz CT molecular complexity index is 719. The summed E-state index contributed by atoms with van der Waals surface area (Å²) in [5.74, 6) is -1.87. The molecule has 2 heterocycles. The number of nitrogens with two attached hydrogens (primary N) is 1. The molecule has 0 saturated carbocycles. The monoisotopic (exact) mass is 333 g/mol. The van der Waals surface area contributed by atoms with Crippen LogP contribution in [0.3, 0.4) is 0 Å². The van der Waals surface area contributed by atoms with E-state index in [1.807, 2.05) is 18.2 Å². The molecule has 1 aromatic rings. The molecule has 2 N–H and O–H groups in total. The molecule has 2 aliphatic rings. The van der Waals surface area contributed by atoms with E-state index in [4.69, 9.17) is 9.47 Å². The zero-order valence-corrected chi connectivity index (χ0v) is 14.1. The molecule has 24 heavy (non-hydrogen) atoms. The second-order valence-electron chi connectivity index (χ2n) is 6.45. The number of quaternary nitrogens is 1. The van der Waals surface area contributed by atoms with Crippen LogP contribution in [-0.4, -0.2) is 49.5 Å². The lowest BCUT2D eigenvalue weighted by Gasteiger charge is -2.24. The van der Waals surface area contributed by atoms with Crippen molar-refractivity contribution in [2.45, 2.75) is 18.5 Å². The smallest absolute Gasteiger partial charge is 0.368 e. The van der Waals surface area contributed by atoms with Gasteiger partial charge in [0, 0.05) is 14.0 Å². The van der Waals surface area contributed by atoms with E-state index in [0.717, 1.165) is 10.5 Å². The van der Waals surface area contributed by atoms with Crippen molar-refractivity contribution in [3.05, 3.63) is 29.8 Å². The van der Waals surface area contributed by atoms with Crippen molar-refractivity contribution >= 4 is 17.8 Å². The summed E-state index contributed by atoms with van der Waals surface area (Å²) < 4.78 is 10.3. The van der Waals surface area contributed by atoms with E-state index in [1.165, 1.54) is 14.2 Å². The number of para-hydroxylation sites is 1. The third-order valence-corrected chi connectivity index (χ3v) is 5.25. The summed E-state index contributed by atoms with van der Waals surface area (Å²) in [6.45, 7) is 1.66. The van der Waals surface area contributed by atoms with Crippen molar-refractivity contribution in [2.24, 2.45) is 11.8 Å². The standard InChI is InChI=1S/C17H20N2O5/c1-17(16(22)24-4)12-11(14(20)19(2)15(12)21)13(18-17)9-7-5-6-8-10(9)23-3/h5-8,11-13,18H,1-4H3/p+1/t11-,12-,13-,17-/m0/s1. The molecule has 0 unspecified atom stereocenters. The molecule has 128 valence electrons. The van der Waals surface area contributed by atoms with Crippen molar-refractivity contribution in [2.75, 3.05) is 21.3 Å². The summed E-state index contributed by atoms with van der Waals surface area (Å²) in [5.41, 5.74) is -0.360. The average Bonchev–Trinajstić information content (AvgIpc) is 3.04. The van der Waals surface area contributed by atoms with Crippen molar-refractivity contribution in [3.63, 3.8) is 0 Å². The summed E-state index contributed by atoms with van der Waals surface area (Å²) in [4.78, 5) is 38.8. The van der Waals surface area contributed by atoms with Crippen LogP contribution in [0.4, 0.5) is 0 Å². The minimum absolute atomic E-state index is 0.273. The fourth-order valence-electron chi connectivity index (χ4n) is 4.05. The van der Waals surface area contributed by atoms with E-state index in [1.54, 1.807) is 25.4 Å². The van der Waals surface area contributed by atoms with Crippen LogP contribution in [0.25, 0.3) is 0 Å². The van der Waals surface area contributed by atoms with E-state index >= 15 is 0 Å². The number of hydrogen-bond acceptors (Lipinski definition) is 5. The van der Waals surface area contributed by atoms with Gasteiger partial charge in [-0.05, 0) is 12.1 Å². The summed E-state index contributed by atoms with van der Waals surface area (Å²) >= 11 is 0. The topological polar surface area (TPSA) is 89.5 Å². The summed E-state index contributed by atoms with van der Waals surface area (Å²) in [6.07, 6.45) is 0. The highest BCUT2D eigenvalue weighted by atomic mass is 16.5. The number of hydrogen-bond donors (Lipinski definition) is 1. The van der Waals surface area contributed by atoms with Crippen LogP contribution < -0.4 is 10.1 Å². The molecule has 7 heteroatoms. The van der Waals surface area contributed by atoms with Crippen molar-refractivity contribution < 1.29 is 29.2 Å². The Kier molecular flexibility index (Phi) is 3.83. The predicted molar refractivity (Wildman–Crippen MR) is 82.8 cm³/mol. The van der Waals surface area contributed by atoms with E-state index in [9.17, 15) is 14.4 Å². The zero-order valence-electron chi connectivity index (χ0n) is 14.1. The summed E-state index contributed by atoms with van der Waals surface area (Å²) in [7, 11) is 4.30. The predicted octanol–water partition coefficient (Wildman–Crippen LogP) is -0.524. The van der Waals surface area contributed by atoms with Crippen LogP contribution in [0, 0.1) is 11.8 Å². The van der Waals surface area contributed by atoms with Gasteiger partial charge in [-0.1, -0.05) is 12.1 Å². The summed E-state index contributed by atoms with van der Waals surface area (Å²) in [5, 5.41) is 1.77. The van der Waals surface area contributed by atoms with Crippen LogP contribution in [0.1, 0.15) is 18.5 Å². The van der Waals surface area contributed by atoms with Crippen LogP contribution >= 0.6 is 0 Å². The van der Waals surface area contributed by atoms with E-state index in [-0.39, 0.29) is 11.8 Å². The Morgan fingerprint density at radius 2 is 1.88 bits per heavy atom. The van der Waals surface area contributed by atoms with E-state index in [2.05, 4.69) is 0 Å². The summed E-state index contributed by atoms with van der Waals surface area (Å²) in [6, 6.07) is 6.95. The van der Waals surface area contributed by atoms with Gasteiger partial charge in [-0.2, -0.15) is 0 Å². The Labute approximate surface area is 139 Å². The highest BCUT2D eigenvalue weighted by molar-refractivity contribution is 6.08. The van der Waals surface area contributed by atoms with Crippen LogP contribution in [0.15, 0.2) is 24.3 Å². The first kappa shape index (κ1) is 16.4. The Morgan fingerprint density at radius 1 is 1.21 bits per heavy atom. The number of esters is 1. The molecule has 2 amide bonds. The lowest BCUT2D eigenvalue weighted by molar-refractivity contribution is -0.731. The largest absolute Gasteiger partial charge is 0.496 e. The number of likely N-dealkylation sites (tertiary alicyclic amines) is 1. The first-order valence-electron chi connectivity index (χ1n) is 7.75. The van der Waals surface area contributed by atoms with Crippen molar-refractivity contribution in [1.29, 1.82) is 0 Å². The normalized spacial score (nSPS) is 32.0. The minimum atomic E-state index is -1.15. The number of ether oxygens (including phenoxy) is 2. The fraction of sp³-hybridized carbons (Fsp3) is 0.471. The number of nitrogens with zero attached hydrogens (tertiary/aromatic N) is 1. The zero-order chi connectivity index (χ0) is 17.6. The lowest BCUT2D eigenvalue weighted by atomic mass is 9.80. The van der Waals surface area contributed by atoms with Gasteiger partial charge in [0.1, 0.15) is 23.6 Å². The number of benzene rings is 1. The number of rotatable bonds is 3. The van der Waals surface area contributed by atoms with Gasteiger partial charge in [0.15, 0.2) is 0 Å². The third kappa shape index (κ3) is 2.04. The molecule has 2 aliphatic heterocycles. The first-order chi connectivity index (χ1) is 11.4. The van der Waals surface area contributed by atoms with Crippen molar-refractivity contribution in [1.82, 2.24) is 4.90 Å². The first-order valence-corrected chi connectivity index (χ1v) is 7.75. The molecule has 4 atom stereocenters. The molecule has 7 nitrogen and oxygen atoms in total. The van der Waals surface area contributed by atoms with Crippen LogP contribution in [0.2, 0.25) is 0 Å². The van der Waals surface area contributed by atoms with Gasteiger partial charge in [-0.3, -0.25) is 14.5 Å². The minimum Gasteiger partial charge on any atom is -0.496 e. The maximum atomic E-state index is 12.7. The molecule has 3 rings (SSSR count). The Morgan fingerprint density at radius 3 is 2.50 bits per heavy atom. The highest BCUT2D eigenvalue weighted by Gasteiger charge is 2.70. The SMILES string of the molecule is COC(=O)[C@@]1(C)[NH2+][C@@H](c2ccccc2OC)[C@H]2C(=O)N(C)C(=O)[C@H]21. The van der Waals surface area contributed by atoms with Crippen LogP contribution in [0.5, 0.6) is 5.75 Å². The van der Waals surface area contributed by atoms with Gasteiger partial charge in [0.2, 0.25) is 17.4 Å². The highest BCUT2D eigenvalue weighted by Crippen LogP contribution is 2.45. The lowest BCUT2D eigenvalue weighted by Crippen LogP contribution is -2.97. The quantitative estimate of drug-likeness (QED) is 0.594. The van der Waals surface area contributed by atoms with Gasteiger partial charge in [0.25, 0.3) is 0 Å². The molecule has 1 aromatic carbocycles. The van der Waals surface area contributed by atoms with Gasteiger partial charge in [0.05, 0.1) is 19.8 Å². The number of imide groups is 1. The molecule has 0 bridgehead atoms. The van der Waals surface area contributed by atoms with Gasteiger partial charge < -0.3 is 14.8 Å². The second-order valence-corrected chi connectivity index (χ2v) is 6.45. The maximum Gasteiger partial charge on any atom is 0.368 e. The molecule has 0 aliphatic carbocycles. The number of methoxy groups -OCH3 is 2. The van der Waals surface area contributed by atoms with E-state index in [0.29, 0.717) is 5.75 Å². The fourth-order valence-corrected chi connectivity index (χ4v) is 4.05. The Balaban J connectivity index is 2.14. The molecule has 0 spiro atoms. The van der Waals surface area contributed by atoms with Gasteiger partial charge in [-0.15, -0.1) is 0 Å². The molecule has 2 saturated heterocycles. The number of carbonyl (C=O) groups is 3. The number of carbonyl (C=O) groups excluding carboxylic acids is 3. The van der Waals surface area contributed by atoms with E-state index < -0.39 is 29.4 Å². The average molecular weight is 333 g/mol. The third-order valence-electron chi connectivity index (χ3n) is 5.25. The second kappa shape index (κ2) is 5.59.